The summed E-state index contributed by atoms with van der Waals surface area (Å²) >= 11 is 12.4. The molecule has 0 saturated carbocycles. The molecule has 2 heterocycles. The smallest absolute Gasteiger partial charge is 0.258 e. The number of carbonyl (C=O) groups is 1. The fraction of sp³-hybridized carbons (Fsp3) is 0.143. The summed E-state index contributed by atoms with van der Waals surface area (Å²) in [5.74, 6) is 0.00747. The van der Waals surface area contributed by atoms with E-state index in [-0.39, 0.29) is 16.3 Å². The van der Waals surface area contributed by atoms with Crippen LogP contribution in [0.1, 0.15) is 34.2 Å². The van der Waals surface area contributed by atoms with Crippen molar-refractivity contribution in [3.8, 4) is 0 Å². The minimum atomic E-state index is -0.417. The molecule has 8 heteroatoms. The van der Waals surface area contributed by atoms with Crippen LogP contribution in [0.25, 0.3) is 0 Å². The molecule has 0 aliphatic rings. The molecule has 0 aliphatic carbocycles. The van der Waals surface area contributed by atoms with E-state index in [0.29, 0.717) is 28.6 Å². The number of halogens is 2. The number of carbonyl (C=O) groups excluding carboxylic acids is 1. The maximum absolute atomic E-state index is 12.7. The number of nitrogens with zero attached hydrogens (tertiary/aromatic N) is 2. The highest BCUT2D eigenvalue weighted by Crippen LogP contribution is 2.28. The summed E-state index contributed by atoms with van der Waals surface area (Å²) in [6.45, 7) is 3.93. The number of benzene rings is 1. The van der Waals surface area contributed by atoms with E-state index in [1.807, 2.05) is 25.1 Å². The van der Waals surface area contributed by atoms with Crippen LogP contribution in [-0.4, -0.2) is 21.6 Å². The summed E-state index contributed by atoms with van der Waals surface area (Å²) in [6, 6.07) is 12.5. The van der Waals surface area contributed by atoms with Crippen molar-refractivity contribution in [1.82, 2.24) is 9.97 Å². The van der Waals surface area contributed by atoms with E-state index in [0.717, 1.165) is 11.4 Å². The zero-order valence-electron chi connectivity index (χ0n) is 15.9. The largest absolute Gasteiger partial charge is 0.364 e. The van der Waals surface area contributed by atoms with Crippen LogP contribution < -0.4 is 10.6 Å². The SMILES string of the molecule is CC(=N)c1c(NCc2cccc(C)n2)ncc(C(=O)Nc2ccc(Cl)cc2)c1Cl. The van der Waals surface area contributed by atoms with Crippen LogP contribution in [0, 0.1) is 12.3 Å². The van der Waals surface area contributed by atoms with Gasteiger partial charge >= 0.3 is 0 Å². The number of amides is 1. The first kappa shape index (κ1) is 20.8. The Hall–Kier alpha value is -2.96. The van der Waals surface area contributed by atoms with Crippen LogP contribution >= 0.6 is 23.2 Å². The molecule has 3 aromatic rings. The summed E-state index contributed by atoms with van der Waals surface area (Å²) in [5, 5.41) is 14.7. The number of pyridine rings is 2. The number of anilines is 2. The third-order valence-electron chi connectivity index (χ3n) is 4.12. The molecule has 1 amide bonds. The lowest BCUT2D eigenvalue weighted by molar-refractivity contribution is 0.102. The highest BCUT2D eigenvalue weighted by Gasteiger charge is 2.20. The number of aromatic nitrogens is 2. The third kappa shape index (κ3) is 5.10. The number of nitrogens with one attached hydrogen (secondary N) is 3. The first-order valence-corrected chi connectivity index (χ1v) is 9.58. The van der Waals surface area contributed by atoms with E-state index in [1.165, 1.54) is 6.20 Å². The van der Waals surface area contributed by atoms with Crippen LogP contribution in [0.3, 0.4) is 0 Å². The van der Waals surface area contributed by atoms with E-state index in [1.54, 1.807) is 31.2 Å². The Morgan fingerprint density at radius 1 is 1.14 bits per heavy atom. The van der Waals surface area contributed by atoms with Gasteiger partial charge in [-0.15, -0.1) is 0 Å². The van der Waals surface area contributed by atoms with Gasteiger partial charge in [0.2, 0.25) is 0 Å². The number of hydrogen-bond acceptors (Lipinski definition) is 5. The maximum Gasteiger partial charge on any atom is 0.258 e. The molecule has 0 atom stereocenters. The Balaban J connectivity index is 1.85. The summed E-state index contributed by atoms with van der Waals surface area (Å²) in [6.07, 6.45) is 1.39. The average molecular weight is 428 g/mol. The van der Waals surface area contributed by atoms with Gasteiger partial charge in [0.25, 0.3) is 5.91 Å². The molecular formula is C21H19Cl2N5O. The zero-order chi connectivity index (χ0) is 21.0. The maximum atomic E-state index is 12.7. The van der Waals surface area contributed by atoms with Crippen molar-refractivity contribution in [1.29, 1.82) is 5.41 Å². The second kappa shape index (κ2) is 9.03. The predicted octanol–water partition coefficient (Wildman–Crippen LogP) is 5.34. The predicted molar refractivity (Wildman–Crippen MR) is 117 cm³/mol. The van der Waals surface area contributed by atoms with Gasteiger partial charge in [-0.2, -0.15) is 0 Å². The van der Waals surface area contributed by atoms with Crippen molar-refractivity contribution in [3.05, 3.63) is 81.2 Å². The highest BCUT2D eigenvalue weighted by atomic mass is 35.5. The van der Waals surface area contributed by atoms with Gasteiger partial charge in [-0.25, -0.2) is 4.98 Å². The molecule has 0 unspecified atom stereocenters. The lowest BCUT2D eigenvalue weighted by Gasteiger charge is -2.15. The van der Waals surface area contributed by atoms with Crippen molar-refractivity contribution in [2.75, 3.05) is 10.6 Å². The Morgan fingerprint density at radius 3 is 2.52 bits per heavy atom. The van der Waals surface area contributed by atoms with Gasteiger partial charge in [0.05, 0.1) is 28.4 Å². The number of aryl methyl sites for hydroxylation is 1. The lowest BCUT2D eigenvalue weighted by Crippen LogP contribution is -2.16. The standard InChI is InChI=1S/C21H19Cl2N5O/c1-12-4-3-5-16(27-12)10-25-20-18(13(2)24)19(23)17(11-26-20)21(29)28-15-8-6-14(22)7-9-15/h3-9,11,24H,10H2,1-2H3,(H,25,26)(H,28,29). The Kier molecular flexibility index (Phi) is 6.46. The molecule has 1 aromatic carbocycles. The molecule has 0 aliphatic heterocycles. The number of hydrogen-bond donors (Lipinski definition) is 3. The van der Waals surface area contributed by atoms with Gasteiger partial charge < -0.3 is 16.0 Å². The van der Waals surface area contributed by atoms with Gasteiger partial charge in [0.1, 0.15) is 5.82 Å². The second-order valence-electron chi connectivity index (χ2n) is 6.42. The lowest BCUT2D eigenvalue weighted by atomic mass is 10.1. The van der Waals surface area contributed by atoms with Gasteiger partial charge in [-0.1, -0.05) is 29.3 Å². The molecular weight excluding hydrogens is 409 g/mol. The quantitative estimate of drug-likeness (QED) is 0.462. The first-order chi connectivity index (χ1) is 13.8. The van der Waals surface area contributed by atoms with Crippen LogP contribution in [0.2, 0.25) is 10.0 Å². The van der Waals surface area contributed by atoms with Gasteiger partial charge in [0, 0.05) is 28.3 Å². The van der Waals surface area contributed by atoms with Crippen LogP contribution in [-0.2, 0) is 6.54 Å². The van der Waals surface area contributed by atoms with Gasteiger partial charge in [-0.3, -0.25) is 9.78 Å². The number of rotatable bonds is 6. The first-order valence-electron chi connectivity index (χ1n) is 8.82. The molecule has 6 nitrogen and oxygen atoms in total. The van der Waals surface area contributed by atoms with E-state index >= 15 is 0 Å². The Bertz CT molecular complexity index is 1070. The molecule has 0 radical (unpaired) electrons. The second-order valence-corrected chi connectivity index (χ2v) is 7.23. The minimum Gasteiger partial charge on any atom is -0.364 e. The molecule has 0 fully saturated rings. The van der Waals surface area contributed by atoms with Crippen molar-refractivity contribution in [2.45, 2.75) is 20.4 Å². The molecule has 0 saturated heterocycles. The fourth-order valence-electron chi connectivity index (χ4n) is 2.73. The zero-order valence-corrected chi connectivity index (χ0v) is 17.4. The summed E-state index contributed by atoms with van der Waals surface area (Å²) in [5.41, 5.74) is 3.08. The topological polar surface area (TPSA) is 90.8 Å². The van der Waals surface area contributed by atoms with Crippen LogP contribution in [0.5, 0.6) is 0 Å². The van der Waals surface area contributed by atoms with E-state index in [4.69, 9.17) is 28.6 Å². The van der Waals surface area contributed by atoms with E-state index in [9.17, 15) is 4.79 Å². The van der Waals surface area contributed by atoms with E-state index in [2.05, 4.69) is 20.6 Å². The monoisotopic (exact) mass is 427 g/mol. The van der Waals surface area contributed by atoms with Gasteiger partial charge in [-0.05, 0) is 50.2 Å². The van der Waals surface area contributed by atoms with E-state index < -0.39 is 5.91 Å². The molecule has 148 valence electrons. The Labute approximate surface area is 178 Å². The fourth-order valence-corrected chi connectivity index (χ4v) is 3.22. The van der Waals surface area contributed by atoms with Gasteiger partial charge in [0.15, 0.2) is 0 Å². The minimum absolute atomic E-state index is 0.165. The van der Waals surface area contributed by atoms with Crippen LogP contribution in [0.4, 0.5) is 11.5 Å². The summed E-state index contributed by atoms with van der Waals surface area (Å²) in [4.78, 5) is 21.4. The third-order valence-corrected chi connectivity index (χ3v) is 4.76. The van der Waals surface area contributed by atoms with Crippen molar-refractivity contribution in [2.24, 2.45) is 0 Å². The van der Waals surface area contributed by atoms with Crippen molar-refractivity contribution < 1.29 is 4.79 Å². The molecule has 3 N–H and O–H groups in total. The molecule has 0 spiro atoms. The average Bonchev–Trinajstić information content (AvgIpc) is 2.67. The molecule has 3 rings (SSSR count). The van der Waals surface area contributed by atoms with Crippen molar-refractivity contribution in [3.63, 3.8) is 0 Å². The molecule has 2 aromatic heterocycles. The normalized spacial score (nSPS) is 10.5. The Morgan fingerprint density at radius 2 is 1.86 bits per heavy atom. The molecule has 29 heavy (non-hydrogen) atoms. The summed E-state index contributed by atoms with van der Waals surface area (Å²) in [7, 11) is 0. The summed E-state index contributed by atoms with van der Waals surface area (Å²) < 4.78 is 0. The van der Waals surface area contributed by atoms with Crippen LogP contribution in [0.15, 0.2) is 48.7 Å². The van der Waals surface area contributed by atoms with Crippen molar-refractivity contribution >= 4 is 46.3 Å². The highest BCUT2D eigenvalue weighted by molar-refractivity contribution is 6.38. The molecule has 0 bridgehead atoms.